The van der Waals surface area contributed by atoms with Crippen LogP contribution in [0.15, 0.2) is 0 Å². The van der Waals surface area contributed by atoms with Crippen molar-refractivity contribution in [2.45, 2.75) is 70.4 Å². The zero-order chi connectivity index (χ0) is 16.5. The first-order chi connectivity index (χ1) is 11.2. The lowest BCUT2D eigenvalue weighted by Gasteiger charge is -2.35. The maximum atomic E-state index is 12.4. The molecule has 1 atom stereocenters. The summed E-state index contributed by atoms with van der Waals surface area (Å²) in [5, 5.41) is 11.9. The molecule has 1 saturated heterocycles. The first-order valence-electron chi connectivity index (χ1n) is 9.45. The van der Waals surface area contributed by atoms with Crippen LogP contribution in [0.5, 0.6) is 0 Å². The summed E-state index contributed by atoms with van der Waals surface area (Å²) in [4.78, 5) is 14.6. The summed E-state index contributed by atoms with van der Waals surface area (Å²) in [6.45, 7) is 5.53. The highest BCUT2D eigenvalue weighted by molar-refractivity contribution is 5.81. The number of nitrogens with one attached hydrogen (secondary N) is 1. The summed E-state index contributed by atoms with van der Waals surface area (Å²) >= 11 is 0. The molecule has 1 amide bonds. The highest BCUT2D eigenvalue weighted by atomic mass is 16.5. The SMILES string of the molecule is CC(C(=O)NCC1CCCCC1)N1CCC(OCCCO)CC1. The van der Waals surface area contributed by atoms with E-state index in [2.05, 4.69) is 10.2 Å². The maximum absolute atomic E-state index is 12.4. The first kappa shape index (κ1) is 18.7. The molecule has 0 radical (unpaired) electrons. The number of likely N-dealkylation sites (tertiary alicyclic amines) is 1. The molecule has 2 aliphatic rings. The molecule has 2 rings (SSSR count). The summed E-state index contributed by atoms with van der Waals surface area (Å²) in [6, 6.07) is -0.0445. The van der Waals surface area contributed by atoms with E-state index in [0.29, 0.717) is 18.9 Å². The third-order valence-electron chi connectivity index (χ3n) is 5.35. The van der Waals surface area contributed by atoms with Crippen molar-refractivity contribution < 1.29 is 14.6 Å². The summed E-state index contributed by atoms with van der Waals surface area (Å²) in [5.41, 5.74) is 0. The molecule has 1 aliphatic carbocycles. The Labute approximate surface area is 140 Å². The van der Waals surface area contributed by atoms with Gasteiger partial charge in [0.1, 0.15) is 0 Å². The molecule has 5 heteroatoms. The van der Waals surface area contributed by atoms with E-state index < -0.39 is 0 Å². The quantitative estimate of drug-likeness (QED) is 0.669. The van der Waals surface area contributed by atoms with Crippen molar-refractivity contribution in [2.75, 3.05) is 32.8 Å². The molecule has 0 spiro atoms. The van der Waals surface area contributed by atoms with Gasteiger partial charge in [0.15, 0.2) is 0 Å². The number of carbonyl (C=O) groups excluding carboxylic acids is 1. The predicted octanol–water partition coefficient (Wildman–Crippen LogP) is 1.93. The summed E-state index contributed by atoms with van der Waals surface area (Å²) in [6.07, 6.45) is 9.49. The lowest BCUT2D eigenvalue weighted by Crippen LogP contribution is -2.50. The molecule has 2 fully saturated rings. The second kappa shape index (κ2) is 10.3. The van der Waals surface area contributed by atoms with Crippen molar-refractivity contribution in [3.8, 4) is 0 Å². The van der Waals surface area contributed by atoms with Gasteiger partial charge in [0.05, 0.1) is 12.1 Å². The van der Waals surface area contributed by atoms with Crippen LogP contribution in [0.25, 0.3) is 0 Å². The highest BCUT2D eigenvalue weighted by Gasteiger charge is 2.27. The second-order valence-corrected chi connectivity index (χ2v) is 7.11. The molecule has 1 unspecified atom stereocenters. The van der Waals surface area contributed by atoms with E-state index in [9.17, 15) is 4.79 Å². The van der Waals surface area contributed by atoms with Crippen LogP contribution in [0.3, 0.4) is 0 Å². The molecule has 2 N–H and O–H groups in total. The van der Waals surface area contributed by atoms with Gasteiger partial charge in [0.25, 0.3) is 0 Å². The van der Waals surface area contributed by atoms with Crippen molar-refractivity contribution in [1.29, 1.82) is 0 Å². The molecule has 0 aromatic rings. The van der Waals surface area contributed by atoms with E-state index >= 15 is 0 Å². The minimum atomic E-state index is -0.0445. The number of nitrogens with zero attached hydrogens (tertiary/aromatic N) is 1. The van der Waals surface area contributed by atoms with Gasteiger partial charge in [-0.1, -0.05) is 19.3 Å². The van der Waals surface area contributed by atoms with Crippen molar-refractivity contribution in [1.82, 2.24) is 10.2 Å². The van der Waals surface area contributed by atoms with Crippen LogP contribution in [0, 0.1) is 5.92 Å². The number of rotatable bonds is 8. The largest absolute Gasteiger partial charge is 0.396 e. The number of hydrogen-bond acceptors (Lipinski definition) is 4. The maximum Gasteiger partial charge on any atom is 0.237 e. The number of carbonyl (C=O) groups is 1. The third-order valence-corrected chi connectivity index (χ3v) is 5.35. The molecule has 5 nitrogen and oxygen atoms in total. The number of ether oxygens (including phenoxy) is 1. The van der Waals surface area contributed by atoms with Gasteiger partial charge >= 0.3 is 0 Å². The Hall–Kier alpha value is -0.650. The molecule has 0 bridgehead atoms. The zero-order valence-electron chi connectivity index (χ0n) is 14.6. The smallest absolute Gasteiger partial charge is 0.237 e. The van der Waals surface area contributed by atoms with E-state index in [0.717, 1.165) is 32.5 Å². The summed E-state index contributed by atoms with van der Waals surface area (Å²) in [7, 11) is 0. The van der Waals surface area contributed by atoms with Gasteiger partial charge < -0.3 is 15.2 Å². The molecular weight excluding hydrogens is 292 g/mol. The fraction of sp³-hybridized carbons (Fsp3) is 0.944. The molecule has 134 valence electrons. The van der Waals surface area contributed by atoms with E-state index in [1.54, 1.807) is 0 Å². The lowest BCUT2D eigenvalue weighted by molar-refractivity contribution is -0.127. The Morgan fingerprint density at radius 1 is 1.22 bits per heavy atom. The number of piperidine rings is 1. The normalized spacial score (nSPS) is 22.9. The van der Waals surface area contributed by atoms with Gasteiger partial charge in [-0.15, -0.1) is 0 Å². The van der Waals surface area contributed by atoms with E-state index in [1.807, 2.05) is 6.92 Å². The van der Waals surface area contributed by atoms with Crippen molar-refractivity contribution in [3.05, 3.63) is 0 Å². The highest BCUT2D eigenvalue weighted by Crippen LogP contribution is 2.23. The Morgan fingerprint density at radius 2 is 1.91 bits per heavy atom. The molecule has 1 saturated carbocycles. The first-order valence-corrected chi connectivity index (χ1v) is 9.45. The second-order valence-electron chi connectivity index (χ2n) is 7.11. The number of aliphatic hydroxyl groups excluding tert-OH is 1. The Kier molecular flexibility index (Phi) is 8.34. The van der Waals surface area contributed by atoms with Crippen molar-refractivity contribution in [2.24, 2.45) is 5.92 Å². The monoisotopic (exact) mass is 326 g/mol. The van der Waals surface area contributed by atoms with Crippen LogP contribution < -0.4 is 5.32 Å². The topological polar surface area (TPSA) is 61.8 Å². The average molecular weight is 326 g/mol. The molecule has 23 heavy (non-hydrogen) atoms. The molecule has 0 aromatic heterocycles. The Balaban J connectivity index is 1.63. The zero-order valence-corrected chi connectivity index (χ0v) is 14.6. The van der Waals surface area contributed by atoms with Gasteiger partial charge in [-0.05, 0) is 44.9 Å². The van der Waals surface area contributed by atoms with Crippen LogP contribution in [-0.2, 0) is 9.53 Å². The lowest BCUT2D eigenvalue weighted by atomic mass is 9.89. The van der Waals surface area contributed by atoms with Crippen LogP contribution in [0.4, 0.5) is 0 Å². The van der Waals surface area contributed by atoms with Crippen molar-refractivity contribution >= 4 is 5.91 Å². The minimum absolute atomic E-state index is 0.0445. The van der Waals surface area contributed by atoms with Gasteiger partial charge in [-0.25, -0.2) is 0 Å². The standard InChI is InChI=1S/C18H34N2O3/c1-15(18(22)19-14-16-6-3-2-4-7-16)20-10-8-17(9-11-20)23-13-5-12-21/h15-17,21H,2-14H2,1H3,(H,19,22). The molecule has 0 aromatic carbocycles. The molecule has 1 heterocycles. The summed E-state index contributed by atoms with van der Waals surface area (Å²) < 4.78 is 5.75. The Bertz CT molecular complexity index is 337. The van der Waals surface area contributed by atoms with E-state index in [4.69, 9.17) is 9.84 Å². The fourth-order valence-electron chi connectivity index (χ4n) is 3.69. The summed E-state index contributed by atoms with van der Waals surface area (Å²) in [5.74, 6) is 0.862. The average Bonchev–Trinajstić information content (AvgIpc) is 2.61. The molecular formula is C18H34N2O3. The molecule has 1 aliphatic heterocycles. The van der Waals surface area contributed by atoms with Gasteiger partial charge in [0.2, 0.25) is 5.91 Å². The van der Waals surface area contributed by atoms with Crippen LogP contribution in [-0.4, -0.2) is 60.9 Å². The van der Waals surface area contributed by atoms with Crippen molar-refractivity contribution in [3.63, 3.8) is 0 Å². The van der Waals surface area contributed by atoms with Crippen LogP contribution >= 0.6 is 0 Å². The van der Waals surface area contributed by atoms with E-state index in [-0.39, 0.29) is 24.7 Å². The number of amides is 1. The van der Waals surface area contributed by atoms with E-state index in [1.165, 1.54) is 32.1 Å². The number of aliphatic hydroxyl groups is 1. The third kappa shape index (κ3) is 6.40. The van der Waals surface area contributed by atoms with Crippen LogP contribution in [0.2, 0.25) is 0 Å². The minimum Gasteiger partial charge on any atom is -0.396 e. The number of hydrogen-bond donors (Lipinski definition) is 2. The Morgan fingerprint density at radius 3 is 2.57 bits per heavy atom. The van der Waals surface area contributed by atoms with Gasteiger partial charge in [-0.3, -0.25) is 9.69 Å². The van der Waals surface area contributed by atoms with Crippen LogP contribution in [0.1, 0.15) is 58.3 Å². The fourth-order valence-corrected chi connectivity index (χ4v) is 3.69. The predicted molar refractivity (Wildman–Crippen MR) is 91.3 cm³/mol. The van der Waals surface area contributed by atoms with Gasteiger partial charge in [0, 0.05) is 32.8 Å². The van der Waals surface area contributed by atoms with Gasteiger partial charge in [-0.2, -0.15) is 0 Å².